The number of methoxy groups -OCH3 is 2. The van der Waals surface area contributed by atoms with E-state index in [0.717, 1.165) is 0 Å². The zero-order chi connectivity index (χ0) is 25.7. The van der Waals surface area contributed by atoms with Crippen LogP contribution in [0.3, 0.4) is 0 Å². The molecule has 1 spiro atoms. The molecule has 1 atom stereocenters. The number of rotatable bonds is 7. The number of halogens is 1. The molecule has 4 rings (SSSR count). The molecule has 1 N–H and O–H groups in total. The van der Waals surface area contributed by atoms with Crippen molar-refractivity contribution in [3.63, 3.8) is 0 Å². The predicted molar refractivity (Wildman–Crippen MR) is 128 cm³/mol. The molecule has 0 saturated carbocycles. The van der Waals surface area contributed by atoms with E-state index in [1.165, 1.54) is 36.3 Å². The summed E-state index contributed by atoms with van der Waals surface area (Å²) < 4.78 is 29.8. The molecular formula is C26H30FN3O6. The maximum absolute atomic E-state index is 13.6. The first-order valence-electron chi connectivity index (χ1n) is 11.8. The molecule has 9 nitrogen and oxygen atoms in total. The zero-order valence-corrected chi connectivity index (χ0v) is 20.4. The second-order valence-electron chi connectivity index (χ2n) is 8.76. The second kappa shape index (κ2) is 11.0. The van der Waals surface area contributed by atoms with Gasteiger partial charge in [-0.3, -0.25) is 19.3 Å². The Morgan fingerprint density at radius 1 is 1.00 bits per heavy atom. The smallest absolute Gasteiger partial charge is 0.256 e. The average molecular weight is 500 g/mol. The highest BCUT2D eigenvalue weighted by Crippen LogP contribution is 2.39. The van der Waals surface area contributed by atoms with E-state index in [4.69, 9.17) is 14.2 Å². The number of ether oxygens (including phenoxy) is 3. The number of nitrogens with one attached hydrogen (secondary N) is 1. The number of nitrogens with zero attached hydrogens (tertiary/aromatic N) is 2. The zero-order valence-electron chi connectivity index (χ0n) is 20.4. The van der Waals surface area contributed by atoms with E-state index in [9.17, 15) is 18.8 Å². The third kappa shape index (κ3) is 5.19. The summed E-state index contributed by atoms with van der Waals surface area (Å²) in [6, 6.07) is 11.2. The summed E-state index contributed by atoms with van der Waals surface area (Å²) >= 11 is 0. The topological polar surface area (TPSA) is 97.4 Å². The second-order valence-corrected chi connectivity index (χ2v) is 8.76. The highest BCUT2D eigenvalue weighted by molar-refractivity contribution is 5.98. The molecule has 36 heavy (non-hydrogen) atoms. The van der Waals surface area contributed by atoms with Gasteiger partial charge in [-0.15, -0.1) is 0 Å². The molecule has 2 aliphatic heterocycles. The molecule has 2 aliphatic rings. The van der Waals surface area contributed by atoms with Crippen LogP contribution in [-0.4, -0.2) is 86.4 Å². The standard InChI is InChI=1S/C26H30FN3O6/c1-34-16-13-28-23(31)22-17-36-26(30(22)25(33)19-3-7-20(27)8-4-19)11-14-29(15-12-26)24(32)18-5-9-21(35-2)10-6-18/h3-10,22H,11-17H2,1-2H3,(H,28,31). The number of hydrogen-bond acceptors (Lipinski definition) is 6. The van der Waals surface area contributed by atoms with Gasteiger partial charge < -0.3 is 24.4 Å². The van der Waals surface area contributed by atoms with Crippen molar-refractivity contribution in [1.29, 1.82) is 0 Å². The maximum Gasteiger partial charge on any atom is 0.256 e. The summed E-state index contributed by atoms with van der Waals surface area (Å²) in [4.78, 5) is 42.8. The van der Waals surface area contributed by atoms with Crippen molar-refractivity contribution in [1.82, 2.24) is 15.1 Å². The molecule has 1 unspecified atom stereocenters. The van der Waals surface area contributed by atoms with E-state index in [1.54, 1.807) is 36.3 Å². The summed E-state index contributed by atoms with van der Waals surface area (Å²) in [5.41, 5.74) is -0.257. The first-order valence-corrected chi connectivity index (χ1v) is 11.8. The number of piperidine rings is 1. The number of hydrogen-bond donors (Lipinski definition) is 1. The van der Waals surface area contributed by atoms with Gasteiger partial charge in [-0.2, -0.15) is 0 Å². The van der Waals surface area contributed by atoms with E-state index in [2.05, 4.69) is 5.32 Å². The van der Waals surface area contributed by atoms with Crippen LogP contribution in [0.1, 0.15) is 33.6 Å². The first-order chi connectivity index (χ1) is 17.4. The van der Waals surface area contributed by atoms with Crippen LogP contribution in [0.15, 0.2) is 48.5 Å². The molecule has 0 aliphatic carbocycles. The van der Waals surface area contributed by atoms with Gasteiger partial charge in [-0.1, -0.05) is 0 Å². The van der Waals surface area contributed by atoms with Crippen molar-refractivity contribution in [2.24, 2.45) is 0 Å². The third-order valence-corrected chi connectivity index (χ3v) is 6.65. The van der Waals surface area contributed by atoms with Crippen LogP contribution >= 0.6 is 0 Å². The third-order valence-electron chi connectivity index (χ3n) is 6.65. The number of likely N-dealkylation sites (tertiary alicyclic amines) is 1. The normalized spacial score (nSPS) is 18.8. The van der Waals surface area contributed by atoms with Crippen molar-refractivity contribution in [2.45, 2.75) is 24.6 Å². The first kappa shape index (κ1) is 25.6. The van der Waals surface area contributed by atoms with Gasteiger partial charge in [-0.05, 0) is 48.5 Å². The molecule has 0 radical (unpaired) electrons. The van der Waals surface area contributed by atoms with Gasteiger partial charge in [0.25, 0.3) is 11.8 Å². The van der Waals surface area contributed by atoms with Crippen molar-refractivity contribution in [2.75, 3.05) is 47.1 Å². The molecule has 192 valence electrons. The minimum absolute atomic E-state index is 0.0260. The van der Waals surface area contributed by atoms with Crippen molar-refractivity contribution in [3.8, 4) is 5.75 Å². The molecule has 3 amide bonds. The molecule has 0 aromatic heterocycles. The predicted octanol–water partition coefficient (Wildman–Crippen LogP) is 2.07. The van der Waals surface area contributed by atoms with Crippen LogP contribution in [0.2, 0.25) is 0 Å². The molecule has 0 bridgehead atoms. The van der Waals surface area contributed by atoms with Gasteiger partial charge in [0.05, 0.1) is 20.3 Å². The number of benzene rings is 2. The van der Waals surface area contributed by atoms with Gasteiger partial charge >= 0.3 is 0 Å². The van der Waals surface area contributed by atoms with Crippen LogP contribution in [0.5, 0.6) is 5.75 Å². The molecule has 10 heteroatoms. The highest BCUT2D eigenvalue weighted by atomic mass is 19.1. The van der Waals surface area contributed by atoms with Crippen LogP contribution in [0.4, 0.5) is 4.39 Å². The highest BCUT2D eigenvalue weighted by Gasteiger charge is 2.54. The van der Waals surface area contributed by atoms with E-state index >= 15 is 0 Å². The van der Waals surface area contributed by atoms with E-state index in [1.807, 2.05) is 0 Å². The lowest BCUT2D eigenvalue weighted by Crippen LogP contribution is -2.60. The minimum Gasteiger partial charge on any atom is -0.497 e. The quantitative estimate of drug-likeness (QED) is 0.586. The molecule has 2 heterocycles. The van der Waals surface area contributed by atoms with E-state index in [-0.39, 0.29) is 24.0 Å². The fraction of sp³-hybridized carbons (Fsp3) is 0.423. The molecule has 2 fully saturated rings. The summed E-state index contributed by atoms with van der Waals surface area (Å²) in [7, 11) is 3.10. The van der Waals surface area contributed by atoms with Crippen LogP contribution < -0.4 is 10.1 Å². The van der Waals surface area contributed by atoms with Crippen molar-refractivity contribution < 1.29 is 33.0 Å². The number of carbonyl (C=O) groups is 3. The van der Waals surface area contributed by atoms with Crippen molar-refractivity contribution >= 4 is 17.7 Å². The Morgan fingerprint density at radius 3 is 2.22 bits per heavy atom. The van der Waals surface area contributed by atoms with Crippen LogP contribution in [0, 0.1) is 5.82 Å². The Labute approximate surface area is 209 Å². The SMILES string of the molecule is COCCNC(=O)C1COC2(CCN(C(=O)c3ccc(OC)cc3)CC2)N1C(=O)c1ccc(F)cc1. The fourth-order valence-electron chi connectivity index (χ4n) is 4.67. The minimum atomic E-state index is -1.05. The van der Waals surface area contributed by atoms with Crippen molar-refractivity contribution in [3.05, 3.63) is 65.5 Å². The summed E-state index contributed by atoms with van der Waals surface area (Å²) in [5.74, 6) is -0.701. The molecule has 2 aromatic rings. The van der Waals surface area contributed by atoms with Gasteiger partial charge in [0.15, 0.2) is 0 Å². The lowest BCUT2D eigenvalue weighted by Gasteiger charge is -2.44. The van der Waals surface area contributed by atoms with E-state index in [0.29, 0.717) is 50.4 Å². The largest absolute Gasteiger partial charge is 0.497 e. The Hall–Kier alpha value is -3.50. The number of amides is 3. The van der Waals surface area contributed by atoms with Gasteiger partial charge in [0.1, 0.15) is 23.3 Å². The number of carbonyl (C=O) groups excluding carboxylic acids is 3. The summed E-state index contributed by atoms with van der Waals surface area (Å²) in [6.07, 6.45) is 0.674. The fourth-order valence-corrected chi connectivity index (χ4v) is 4.67. The van der Waals surface area contributed by atoms with Gasteiger partial charge in [-0.25, -0.2) is 4.39 Å². The van der Waals surface area contributed by atoms with Crippen LogP contribution in [0.25, 0.3) is 0 Å². The Bertz CT molecular complexity index is 1080. The molecule has 2 aromatic carbocycles. The Kier molecular flexibility index (Phi) is 7.85. The summed E-state index contributed by atoms with van der Waals surface area (Å²) in [5, 5.41) is 2.78. The summed E-state index contributed by atoms with van der Waals surface area (Å²) in [6.45, 7) is 1.34. The van der Waals surface area contributed by atoms with Crippen LogP contribution in [-0.2, 0) is 14.3 Å². The monoisotopic (exact) mass is 499 g/mol. The average Bonchev–Trinajstić information content (AvgIpc) is 3.27. The van der Waals surface area contributed by atoms with Gasteiger partial charge in [0.2, 0.25) is 5.91 Å². The van der Waals surface area contributed by atoms with E-state index < -0.39 is 23.5 Å². The Morgan fingerprint density at radius 2 is 1.61 bits per heavy atom. The maximum atomic E-state index is 13.6. The lowest BCUT2D eigenvalue weighted by atomic mass is 9.96. The molecule has 2 saturated heterocycles. The van der Waals surface area contributed by atoms with Gasteiger partial charge in [0, 0.05) is 50.7 Å². The lowest BCUT2D eigenvalue weighted by molar-refractivity contribution is -0.128. The molecular weight excluding hydrogens is 469 g/mol. The Balaban J connectivity index is 1.53.